The van der Waals surface area contributed by atoms with E-state index in [9.17, 15) is 10.1 Å². The molecule has 0 bridgehead atoms. The zero-order chi connectivity index (χ0) is 16.2. The van der Waals surface area contributed by atoms with Gasteiger partial charge in [-0.25, -0.2) is 4.98 Å². The molecule has 1 aromatic heterocycles. The van der Waals surface area contributed by atoms with Gasteiger partial charge in [0.05, 0.1) is 4.92 Å². The molecule has 0 aliphatic rings. The van der Waals surface area contributed by atoms with Gasteiger partial charge in [0.15, 0.2) is 0 Å². The van der Waals surface area contributed by atoms with Crippen LogP contribution in [0.25, 0.3) is 0 Å². The van der Waals surface area contributed by atoms with Crippen molar-refractivity contribution in [2.45, 2.75) is 13.0 Å². The fraction of sp³-hybridized carbons (Fsp3) is 0.118. The molecule has 0 radical (unpaired) electrons. The summed E-state index contributed by atoms with van der Waals surface area (Å²) in [5.41, 5.74) is 2.16. The molecule has 0 aliphatic carbocycles. The van der Waals surface area contributed by atoms with Gasteiger partial charge in [0, 0.05) is 42.0 Å². The van der Waals surface area contributed by atoms with Crippen LogP contribution in [0.4, 0.5) is 5.69 Å². The fourth-order valence-electron chi connectivity index (χ4n) is 2.40. The molecule has 1 heterocycles. The number of aromatic nitrogens is 2. The predicted octanol–water partition coefficient (Wildman–Crippen LogP) is 4.19. The highest BCUT2D eigenvalue weighted by Crippen LogP contribution is 2.17. The molecule has 0 fully saturated rings. The van der Waals surface area contributed by atoms with Crippen LogP contribution in [0.5, 0.6) is 0 Å². The Balaban J connectivity index is 1.79. The zero-order valence-corrected chi connectivity index (χ0v) is 13.8. The number of nitro groups is 1. The predicted molar refractivity (Wildman–Crippen MR) is 91.4 cm³/mol. The summed E-state index contributed by atoms with van der Waals surface area (Å²) in [6, 6.07) is 14.8. The van der Waals surface area contributed by atoms with Crippen molar-refractivity contribution in [3.63, 3.8) is 0 Å². The lowest BCUT2D eigenvalue weighted by Crippen LogP contribution is -2.05. The summed E-state index contributed by atoms with van der Waals surface area (Å²) in [5, 5.41) is 10.9. The third kappa shape index (κ3) is 3.84. The van der Waals surface area contributed by atoms with Crippen LogP contribution in [0, 0.1) is 10.1 Å². The number of benzene rings is 2. The third-order valence-corrected chi connectivity index (χ3v) is 4.08. The fourth-order valence-corrected chi connectivity index (χ4v) is 2.67. The number of imidazole rings is 1. The van der Waals surface area contributed by atoms with E-state index in [1.807, 2.05) is 29.0 Å². The number of hydrogen-bond donors (Lipinski definition) is 0. The molecule has 116 valence electrons. The van der Waals surface area contributed by atoms with E-state index in [1.54, 1.807) is 18.3 Å². The van der Waals surface area contributed by atoms with Crippen molar-refractivity contribution in [2.24, 2.45) is 0 Å². The van der Waals surface area contributed by atoms with Crippen LogP contribution in [0.2, 0.25) is 0 Å². The van der Waals surface area contributed by atoms with Crippen molar-refractivity contribution >= 4 is 21.6 Å². The van der Waals surface area contributed by atoms with Crippen LogP contribution >= 0.6 is 15.9 Å². The largest absolute Gasteiger partial charge is 0.330 e. The van der Waals surface area contributed by atoms with Crippen molar-refractivity contribution in [2.75, 3.05) is 0 Å². The highest BCUT2D eigenvalue weighted by atomic mass is 79.9. The lowest BCUT2D eigenvalue weighted by Gasteiger charge is -2.08. The molecule has 0 atom stereocenters. The molecule has 0 unspecified atom stereocenters. The standard InChI is InChI=1S/C17H14BrN3O2/c18-15-6-4-13(5-7-15)11-17-19-8-9-20(17)12-14-2-1-3-16(10-14)21(22)23/h1-10H,11-12H2. The zero-order valence-electron chi connectivity index (χ0n) is 12.2. The minimum absolute atomic E-state index is 0.108. The molecule has 23 heavy (non-hydrogen) atoms. The first kappa shape index (κ1) is 15.4. The van der Waals surface area contributed by atoms with E-state index in [1.165, 1.54) is 11.6 Å². The summed E-state index contributed by atoms with van der Waals surface area (Å²) in [4.78, 5) is 14.9. The Morgan fingerprint density at radius 2 is 1.91 bits per heavy atom. The Bertz CT molecular complexity index is 828. The average molecular weight is 372 g/mol. The van der Waals surface area contributed by atoms with Gasteiger partial charge in [-0.2, -0.15) is 0 Å². The van der Waals surface area contributed by atoms with E-state index >= 15 is 0 Å². The number of halogens is 1. The van der Waals surface area contributed by atoms with E-state index in [0.717, 1.165) is 22.3 Å². The van der Waals surface area contributed by atoms with Gasteiger partial charge < -0.3 is 4.57 Å². The normalized spacial score (nSPS) is 10.7. The molecule has 2 aromatic carbocycles. The van der Waals surface area contributed by atoms with Crippen molar-refractivity contribution < 1.29 is 4.92 Å². The van der Waals surface area contributed by atoms with Crippen LogP contribution in [-0.4, -0.2) is 14.5 Å². The molecule has 0 spiro atoms. The first-order valence-corrected chi connectivity index (χ1v) is 7.89. The monoisotopic (exact) mass is 371 g/mol. The molecule has 3 rings (SSSR count). The summed E-state index contributed by atoms with van der Waals surface area (Å²) < 4.78 is 3.06. The molecule has 0 N–H and O–H groups in total. The third-order valence-electron chi connectivity index (χ3n) is 3.55. The molecule has 3 aromatic rings. The summed E-state index contributed by atoms with van der Waals surface area (Å²) in [5.74, 6) is 0.929. The molecule has 0 amide bonds. The van der Waals surface area contributed by atoms with Crippen LogP contribution in [0.1, 0.15) is 17.0 Å². The smallest absolute Gasteiger partial charge is 0.269 e. The minimum atomic E-state index is -0.375. The number of nitrogens with zero attached hydrogens (tertiary/aromatic N) is 3. The number of rotatable bonds is 5. The molecule has 5 nitrogen and oxygen atoms in total. The molecule has 0 aliphatic heterocycles. The summed E-state index contributed by atoms with van der Waals surface area (Å²) in [6.45, 7) is 0.563. The van der Waals surface area contributed by atoms with E-state index in [0.29, 0.717) is 6.54 Å². The molecule has 6 heteroatoms. The second-order valence-electron chi connectivity index (χ2n) is 5.20. The Labute approximate surface area is 141 Å². The molecular weight excluding hydrogens is 358 g/mol. The first-order chi connectivity index (χ1) is 11.1. The second kappa shape index (κ2) is 6.75. The topological polar surface area (TPSA) is 61.0 Å². The SMILES string of the molecule is O=[N+]([O-])c1cccc(Cn2ccnc2Cc2ccc(Br)cc2)c1. The highest BCUT2D eigenvalue weighted by molar-refractivity contribution is 9.10. The minimum Gasteiger partial charge on any atom is -0.330 e. The van der Waals surface area contributed by atoms with Gasteiger partial charge in [-0.15, -0.1) is 0 Å². The molecule has 0 saturated heterocycles. The van der Waals surface area contributed by atoms with Crippen molar-refractivity contribution in [3.05, 3.63) is 92.5 Å². The Hall–Kier alpha value is -2.47. The quantitative estimate of drug-likeness (QED) is 0.498. The summed E-state index contributed by atoms with van der Waals surface area (Å²) >= 11 is 3.42. The number of non-ortho nitro benzene ring substituents is 1. The summed E-state index contributed by atoms with van der Waals surface area (Å²) in [6.07, 6.45) is 4.37. The first-order valence-electron chi connectivity index (χ1n) is 7.09. The van der Waals surface area contributed by atoms with Gasteiger partial charge >= 0.3 is 0 Å². The van der Waals surface area contributed by atoms with Crippen molar-refractivity contribution in [1.82, 2.24) is 9.55 Å². The van der Waals surface area contributed by atoms with Gasteiger partial charge in [-0.3, -0.25) is 10.1 Å². The van der Waals surface area contributed by atoms with E-state index in [4.69, 9.17) is 0 Å². The number of nitro benzene ring substituents is 1. The molecule has 0 saturated carbocycles. The lowest BCUT2D eigenvalue weighted by molar-refractivity contribution is -0.384. The summed E-state index contributed by atoms with van der Waals surface area (Å²) in [7, 11) is 0. The van der Waals surface area contributed by atoms with Crippen LogP contribution in [-0.2, 0) is 13.0 Å². The highest BCUT2D eigenvalue weighted by Gasteiger charge is 2.09. The lowest BCUT2D eigenvalue weighted by atomic mass is 10.1. The van der Waals surface area contributed by atoms with Gasteiger partial charge in [0.1, 0.15) is 5.82 Å². The van der Waals surface area contributed by atoms with Crippen molar-refractivity contribution in [1.29, 1.82) is 0 Å². The van der Waals surface area contributed by atoms with E-state index in [2.05, 4.69) is 33.0 Å². The van der Waals surface area contributed by atoms with Crippen LogP contribution in [0.3, 0.4) is 0 Å². The van der Waals surface area contributed by atoms with Gasteiger partial charge in [-0.1, -0.05) is 40.2 Å². The average Bonchev–Trinajstić information content (AvgIpc) is 2.97. The maximum absolute atomic E-state index is 10.9. The van der Waals surface area contributed by atoms with Crippen LogP contribution < -0.4 is 0 Å². The molecular formula is C17H14BrN3O2. The van der Waals surface area contributed by atoms with E-state index in [-0.39, 0.29) is 10.6 Å². The Kier molecular flexibility index (Phi) is 4.52. The Morgan fingerprint density at radius 3 is 2.65 bits per heavy atom. The van der Waals surface area contributed by atoms with Gasteiger partial charge in [0.2, 0.25) is 0 Å². The van der Waals surface area contributed by atoms with E-state index < -0.39 is 0 Å². The van der Waals surface area contributed by atoms with Crippen LogP contribution in [0.15, 0.2) is 65.4 Å². The van der Waals surface area contributed by atoms with Crippen molar-refractivity contribution in [3.8, 4) is 0 Å². The maximum atomic E-state index is 10.9. The second-order valence-corrected chi connectivity index (χ2v) is 6.12. The Morgan fingerprint density at radius 1 is 1.13 bits per heavy atom. The number of hydrogen-bond acceptors (Lipinski definition) is 3. The van der Waals surface area contributed by atoms with Gasteiger partial charge in [-0.05, 0) is 23.3 Å². The maximum Gasteiger partial charge on any atom is 0.269 e. The van der Waals surface area contributed by atoms with Gasteiger partial charge in [0.25, 0.3) is 5.69 Å².